The third-order valence-corrected chi connectivity index (χ3v) is 2.52. The van der Waals surface area contributed by atoms with E-state index in [2.05, 4.69) is 31.0 Å². The number of hydrogen-bond donors (Lipinski definition) is 3. The molecule has 3 N–H and O–H groups in total. The van der Waals surface area contributed by atoms with Gasteiger partial charge in [-0.2, -0.15) is 5.10 Å². The largest absolute Gasteiger partial charge is 0.357 e. The number of hydrogen-bond acceptors (Lipinski definition) is 4. The molecule has 8 nitrogen and oxygen atoms in total. The van der Waals surface area contributed by atoms with Crippen LogP contribution in [0.4, 0.5) is 0 Å². The van der Waals surface area contributed by atoms with E-state index in [9.17, 15) is 4.79 Å². The lowest BCUT2D eigenvalue weighted by atomic mass is 10.4. The van der Waals surface area contributed by atoms with Gasteiger partial charge in [0.25, 0.3) is 0 Å². The molecule has 21 heavy (non-hydrogen) atoms. The maximum Gasteiger partial charge on any atom is 0.239 e. The fourth-order valence-corrected chi connectivity index (χ4v) is 1.45. The molecule has 0 saturated heterocycles. The maximum atomic E-state index is 11.5. The fourth-order valence-electron chi connectivity index (χ4n) is 1.45. The number of amides is 1. The van der Waals surface area contributed by atoms with E-state index in [4.69, 9.17) is 0 Å². The van der Waals surface area contributed by atoms with E-state index in [1.54, 1.807) is 4.68 Å². The normalized spacial score (nSPS) is 10.7. The topological polar surface area (TPSA) is 96.2 Å². The molecule has 0 bridgehead atoms. The van der Waals surface area contributed by atoms with Crippen molar-refractivity contribution < 1.29 is 4.79 Å². The van der Waals surface area contributed by atoms with Crippen molar-refractivity contribution >= 4 is 35.8 Å². The quantitative estimate of drug-likeness (QED) is 0.335. The van der Waals surface area contributed by atoms with Crippen LogP contribution in [0, 0.1) is 0 Å². The van der Waals surface area contributed by atoms with Gasteiger partial charge in [0.2, 0.25) is 5.91 Å². The van der Waals surface area contributed by atoms with Crippen LogP contribution in [0.15, 0.2) is 11.3 Å². The molecule has 0 saturated carbocycles. The Labute approximate surface area is 142 Å². The molecule has 0 spiro atoms. The van der Waals surface area contributed by atoms with Crippen molar-refractivity contribution in [2.24, 2.45) is 12.0 Å². The zero-order valence-corrected chi connectivity index (χ0v) is 15.0. The Hall–Kier alpha value is -1.39. The maximum absolute atomic E-state index is 11.5. The third kappa shape index (κ3) is 7.83. The summed E-state index contributed by atoms with van der Waals surface area (Å²) in [6.07, 6.45) is 2.41. The molecule has 1 rings (SSSR count). The first-order valence-corrected chi connectivity index (χ1v) is 6.79. The summed E-state index contributed by atoms with van der Waals surface area (Å²) >= 11 is 0. The zero-order valence-electron chi connectivity index (χ0n) is 12.7. The van der Waals surface area contributed by atoms with E-state index < -0.39 is 0 Å². The van der Waals surface area contributed by atoms with Crippen molar-refractivity contribution in [2.75, 3.05) is 19.6 Å². The van der Waals surface area contributed by atoms with Crippen molar-refractivity contribution in [1.82, 2.24) is 30.7 Å². The van der Waals surface area contributed by atoms with E-state index in [0.29, 0.717) is 19.0 Å². The molecule has 0 aromatic carbocycles. The third-order valence-electron chi connectivity index (χ3n) is 2.52. The highest BCUT2D eigenvalue weighted by molar-refractivity contribution is 14.0. The second kappa shape index (κ2) is 11.3. The van der Waals surface area contributed by atoms with E-state index in [0.717, 1.165) is 18.8 Å². The number of nitrogens with zero attached hydrogens (tertiary/aromatic N) is 4. The smallest absolute Gasteiger partial charge is 0.239 e. The van der Waals surface area contributed by atoms with Crippen LogP contribution in [-0.2, 0) is 18.4 Å². The van der Waals surface area contributed by atoms with Crippen LogP contribution < -0.4 is 16.0 Å². The number of aromatic nitrogens is 3. The van der Waals surface area contributed by atoms with Crippen molar-refractivity contribution in [3.8, 4) is 0 Å². The number of aliphatic imine (C=N–C) groups is 1. The molecular formula is C12H24IN7O. The molecule has 9 heteroatoms. The number of carbonyl (C=O) groups excluding carboxylic acids is 1. The molecule has 0 radical (unpaired) electrons. The molecule has 0 aliphatic heterocycles. The summed E-state index contributed by atoms with van der Waals surface area (Å²) in [6, 6.07) is 0. The predicted molar refractivity (Wildman–Crippen MR) is 92.5 cm³/mol. The summed E-state index contributed by atoms with van der Waals surface area (Å²) in [6.45, 7) is 6.00. The van der Waals surface area contributed by atoms with Crippen molar-refractivity contribution in [3.05, 3.63) is 12.2 Å². The fraction of sp³-hybridized carbons (Fsp3) is 0.667. The highest BCUT2D eigenvalue weighted by atomic mass is 127. The van der Waals surface area contributed by atoms with Crippen LogP contribution >= 0.6 is 24.0 Å². The van der Waals surface area contributed by atoms with Crippen LogP contribution in [0.25, 0.3) is 0 Å². The Kier molecular flexibility index (Phi) is 10.5. The van der Waals surface area contributed by atoms with Crippen LogP contribution in [-0.4, -0.2) is 46.3 Å². The summed E-state index contributed by atoms with van der Waals surface area (Å²) in [5.41, 5.74) is 0. The van der Waals surface area contributed by atoms with Gasteiger partial charge in [-0.15, -0.1) is 24.0 Å². The number of guanidine groups is 1. The number of rotatable bonds is 7. The van der Waals surface area contributed by atoms with Gasteiger partial charge in [0.05, 0.1) is 6.54 Å². The van der Waals surface area contributed by atoms with Gasteiger partial charge in [-0.25, -0.2) is 9.98 Å². The Balaban J connectivity index is 0.00000400. The van der Waals surface area contributed by atoms with Crippen LogP contribution in [0.3, 0.4) is 0 Å². The minimum atomic E-state index is -0.0453. The SMILES string of the molecule is CCCNC(=O)CNC(=NCc1ncnn1C)NCC.I. The Morgan fingerprint density at radius 1 is 1.33 bits per heavy atom. The van der Waals surface area contributed by atoms with E-state index in [1.807, 2.05) is 20.9 Å². The number of halogens is 1. The molecule has 1 aromatic heterocycles. The summed E-state index contributed by atoms with van der Waals surface area (Å²) in [5.74, 6) is 1.30. The predicted octanol–water partition coefficient (Wildman–Crippen LogP) is 0.0144. The molecule has 1 heterocycles. The summed E-state index contributed by atoms with van der Waals surface area (Å²) in [7, 11) is 1.82. The van der Waals surface area contributed by atoms with Gasteiger partial charge >= 0.3 is 0 Å². The lowest BCUT2D eigenvalue weighted by molar-refractivity contribution is -0.120. The highest BCUT2D eigenvalue weighted by Crippen LogP contribution is 1.93. The lowest BCUT2D eigenvalue weighted by Gasteiger charge is -2.11. The average Bonchev–Trinajstić information content (AvgIpc) is 2.85. The van der Waals surface area contributed by atoms with Crippen molar-refractivity contribution in [2.45, 2.75) is 26.8 Å². The monoisotopic (exact) mass is 409 g/mol. The zero-order chi connectivity index (χ0) is 14.8. The lowest BCUT2D eigenvalue weighted by Crippen LogP contribution is -2.43. The van der Waals surface area contributed by atoms with Gasteiger partial charge in [-0.1, -0.05) is 6.92 Å². The second-order valence-corrected chi connectivity index (χ2v) is 4.20. The molecule has 0 atom stereocenters. The minimum Gasteiger partial charge on any atom is -0.357 e. The van der Waals surface area contributed by atoms with Crippen molar-refractivity contribution in [1.29, 1.82) is 0 Å². The van der Waals surface area contributed by atoms with Gasteiger partial charge in [0.1, 0.15) is 18.7 Å². The first kappa shape index (κ1) is 19.6. The van der Waals surface area contributed by atoms with Gasteiger partial charge in [0, 0.05) is 20.1 Å². The summed E-state index contributed by atoms with van der Waals surface area (Å²) in [5, 5.41) is 12.8. The number of aryl methyl sites for hydroxylation is 1. The number of carbonyl (C=O) groups is 1. The molecule has 0 unspecified atom stereocenters. The molecule has 1 amide bonds. The standard InChI is InChI=1S/C12H23N7O.HI/c1-4-6-14-11(20)8-16-12(13-5-2)15-7-10-17-9-18-19(10)3;/h9H,4-8H2,1-3H3,(H,14,20)(H2,13,15,16);1H. The van der Waals surface area contributed by atoms with Crippen LogP contribution in [0.2, 0.25) is 0 Å². The van der Waals surface area contributed by atoms with Gasteiger partial charge in [-0.05, 0) is 13.3 Å². The Morgan fingerprint density at radius 3 is 2.67 bits per heavy atom. The molecule has 1 aromatic rings. The minimum absolute atomic E-state index is 0. The summed E-state index contributed by atoms with van der Waals surface area (Å²) in [4.78, 5) is 20.0. The van der Waals surface area contributed by atoms with Crippen LogP contribution in [0.5, 0.6) is 0 Å². The van der Waals surface area contributed by atoms with E-state index >= 15 is 0 Å². The number of nitrogens with one attached hydrogen (secondary N) is 3. The van der Waals surface area contributed by atoms with E-state index in [1.165, 1.54) is 6.33 Å². The molecule has 0 aliphatic rings. The van der Waals surface area contributed by atoms with Gasteiger partial charge < -0.3 is 16.0 Å². The first-order chi connectivity index (χ1) is 9.67. The van der Waals surface area contributed by atoms with Gasteiger partial charge in [0.15, 0.2) is 5.96 Å². The molecule has 0 fully saturated rings. The summed E-state index contributed by atoms with van der Waals surface area (Å²) < 4.78 is 1.67. The Morgan fingerprint density at radius 2 is 2.10 bits per heavy atom. The average molecular weight is 409 g/mol. The Bertz CT molecular complexity index is 447. The highest BCUT2D eigenvalue weighted by Gasteiger charge is 2.04. The van der Waals surface area contributed by atoms with Crippen LogP contribution in [0.1, 0.15) is 26.1 Å². The first-order valence-electron chi connectivity index (χ1n) is 6.79. The second-order valence-electron chi connectivity index (χ2n) is 4.20. The van der Waals surface area contributed by atoms with Crippen molar-refractivity contribution in [3.63, 3.8) is 0 Å². The van der Waals surface area contributed by atoms with Gasteiger partial charge in [-0.3, -0.25) is 9.48 Å². The molecule has 0 aliphatic carbocycles. The molecule has 120 valence electrons. The molecular weight excluding hydrogens is 385 g/mol. The van der Waals surface area contributed by atoms with E-state index in [-0.39, 0.29) is 36.4 Å².